The van der Waals surface area contributed by atoms with Crippen molar-refractivity contribution >= 4 is 17.4 Å². The van der Waals surface area contributed by atoms with E-state index in [1.54, 1.807) is 10.3 Å². The Morgan fingerprint density at radius 3 is 3.10 bits per heavy atom. The highest BCUT2D eigenvalue weighted by molar-refractivity contribution is 7.03. The molecule has 0 aromatic carbocycles. The van der Waals surface area contributed by atoms with E-state index in [1.165, 1.54) is 11.5 Å². The molecule has 1 saturated heterocycles. The minimum Gasteiger partial charge on any atom is -0.367 e. The van der Waals surface area contributed by atoms with Crippen LogP contribution in [-0.4, -0.2) is 55.3 Å². The molecule has 112 valence electrons. The van der Waals surface area contributed by atoms with Gasteiger partial charge in [-0.2, -0.15) is 5.10 Å². The quantitative estimate of drug-likeness (QED) is 0.908. The summed E-state index contributed by atoms with van der Waals surface area (Å²) in [4.78, 5) is 18.4. The number of ether oxygens (including phenoxy) is 1. The number of hydrogen-bond donors (Lipinski definition) is 1. The summed E-state index contributed by atoms with van der Waals surface area (Å²) < 4.78 is 9.42. The van der Waals surface area contributed by atoms with Crippen molar-refractivity contribution in [3.05, 3.63) is 22.7 Å². The van der Waals surface area contributed by atoms with Crippen LogP contribution in [0.5, 0.6) is 0 Å². The van der Waals surface area contributed by atoms with Crippen LogP contribution in [0.1, 0.15) is 48.0 Å². The molecule has 2 aromatic heterocycles. The fourth-order valence-corrected chi connectivity index (χ4v) is 2.54. The molecule has 3 rings (SSSR count). The smallest absolute Gasteiger partial charge is 0.275 e. The second kappa shape index (κ2) is 5.86. The molecule has 8 nitrogen and oxygen atoms in total. The molecule has 1 aliphatic rings. The molecule has 0 unspecified atom stereocenters. The van der Waals surface area contributed by atoms with E-state index in [0.717, 1.165) is 5.82 Å². The fourth-order valence-electron chi connectivity index (χ4n) is 2.11. The van der Waals surface area contributed by atoms with E-state index < -0.39 is 0 Å². The molecule has 9 heteroatoms. The Labute approximate surface area is 125 Å². The summed E-state index contributed by atoms with van der Waals surface area (Å²) in [5.74, 6) is 1.53. The molecule has 3 heterocycles. The van der Waals surface area contributed by atoms with Crippen LogP contribution in [0.25, 0.3) is 0 Å². The summed E-state index contributed by atoms with van der Waals surface area (Å²) in [6.07, 6.45) is -0.283. The Balaban J connectivity index is 1.72. The maximum absolute atomic E-state index is 12.3. The van der Waals surface area contributed by atoms with Crippen LogP contribution < -0.4 is 0 Å². The summed E-state index contributed by atoms with van der Waals surface area (Å²) in [6.45, 7) is 5.49. The van der Waals surface area contributed by atoms with E-state index in [4.69, 9.17) is 4.74 Å². The number of carbonyl (C=O) groups is 1. The number of hydrogen-bond acceptors (Lipinski definition) is 7. The number of H-pyrrole nitrogens is 1. The summed E-state index contributed by atoms with van der Waals surface area (Å²) in [6, 6.07) is 0. The number of nitrogens with zero attached hydrogens (tertiary/aromatic N) is 5. The highest BCUT2D eigenvalue weighted by Crippen LogP contribution is 2.21. The van der Waals surface area contributed by atoms with Crippen LogP contribution in [0.15, 0.2) is 5.38 Å². The third-order valence-electron chi connectivity index (χ3n) is 3.27. The Bertz CT molecular complexity index is 611. The monoisotopic (exact) mass is 308 g/mol. The van der Waals surface area contributed by atoms with Gasteiger partial charge in [0.1, 0.15) is 6.10 Å². The SMILES string of the molecule is CC(C)c1n[nH]c([C@@H]2CN(C(=O)c3csnn3)CCO2)n1. The van der Waals surface area contributed by atoms with Gasteiger partial charge >= 0.3 is 0 Å². The molecule has 2 aromatic rings. The molecule has 1 atom stereocenters. The van der Waals surface area contributed by atoms with Gasteiger partial charge < -0.3 is 9.64 Å². The van der Waals surface area contributed by atoms with Crippen molar-refractivity contribution in [1.82, 2.24) is 29.7 Å². The molecule has 0 spiro atoms. The van der Waals surface area contributed by atoms with E-state index in [0.29, 0.717) is 31.2 Å². The molecule has 0 bridgehead atoms. The number of aromatic amines is 1. The number of morpholine rings is 1. The first-order chi connectivity index (χ1) is 10.1. The van der Waals surface area contributed by atoms with Gasteiger partial charge in [0, 0.05) is 17.8 Å². The maximum Gasteiger partial charge on any atom is 0.275 e. The molecule has 1 amide bonds. The molecule has 0 radical (unpaired) electrons. The number of nitrogens with one attached hydrogen (secondary N) is 1. The predicted octanol–water partition coefficient (Wildman–Crippen LogP) is 0.993. The van der Waals surface area contributed by atoms with Crippen molar-refractivity contribution in [2.24, 2.45) is 0 Å². The zero-order valence-electron chi connectivity index (χ0n) is 11.8. The van der Waals surface area contributed by atoms with Crippen LogP contribution in [0.3, 0.4) is 0 Å². The Hall–Kier alpha value is -1.87. The molecular formula is C12H16N6O2S. The first-order valence-corrected chi connectivity index (χ1v) is 7.59. The third kappa shape index (κ3) is 2.93. The average molecular weight is 308 g/mol. The van der Waals surface area contributed by atoms with Gasteiger partial charge in [0.05, 0.1) is 13.2 Å². The second-order valence-corrected chi connectivity index (χ2v) is 5.74. The van der Waals surface area contributed by atoms with Crippen molar-refractivity contribution in [3.63, 3.8) is 0 Å². The Morgan fingerprint density at radius 1 is 1.57 bits per heavy atom. The first kappa shape index (κ1) is 14.1. The van der Waals surface area contributed by atoms with Gasteiger partial charge in [-0.25, -0.2) is 4.98 Å². The Morgan fingerprint density at radius 2 is 2.43 bits per heavy atom. The molecule has 1 fully saturated rings. The fraction of sp³-hybridized carbons (Fsp3) is 0.583. The van der Waals surface area contributed by atoms with Crippen LogP contribution in [-0.2, 0) is 4.74 Å². The van der Waals surface area contributed by atoms with Gasteiger partial charge in [-0.15, -0.1) is 5.10 Å². The van der Waals surface area contributed by atoms with Gasteiger partial charge in [0.15, 0.2) is 17.3 Å². The number of carbonyl (C=O) groups excluding carboxylic acids is 1. The summed E-state index contributed by atoms with van der Waals surface area (Å²) in [5.41, 5.74) is 0.376. The topological polar surface area (TPSA) is 96.9 Å². The van der Waals surface area contributed by atoms with Gasteiger partial charge in [-0.1, -0.05) is 18.3 Å². The molecule has 0 saturated carbocycles. The van der Waals surface area contributed by atoms with E-state index in [1.807, 2.05) is 13.8 Å². The van der Waals surface area contributed by atoms with Crippen LogP contribution >= 0.6 is 11.5 Å². The van der Waals surface area contributed by atoms with E-state index in [2.05, 4.69) is 24.8 Å². The number of aromatic nitrogens is 5. The van der Waals surface area contributed by atoms with Crippen molar-refractivity contribution in [2.45, 2.75) is 25.9 Å². The highest BCUT2D eigenvalue weighted by atomic mass is 32.1. The second-order valence-electron chi connectivity index (χ2n) is 5.13. The lowest BCUT2D eigenvalue weighted by Crippen LogP contribution is -2.42. The zero-order chi connectivity index (χ0) is 14.8. The molecule has 21 heavy (non-hydrogen) atoms. The van der Waals surface area contributed by atoms with Crippen molar-refractivity contribution < 1.29 is 9.53 Å². The van der Waals surface area contributed by atoms with E-state index in [-0.39, 0.29) is 17.9 Å². The molecule has 1 aliphatic heterocycles. The van der Waals surface area contributed by atoms with Crippen molar-refractivity contribution in [2.75, 3.05) is 19.7 Å². The lowest BCUT2D eigenvalue weighted by Gasteiger charge is -2.31. The third-order valence-corrected chi connectivity index (χ3v) is 3.78. The van der Waals surface area contributed by atoms with Crippen LogP contribution in [0, 0.1) is 0 Å². The summed E-state index contributed by atoms with van der Waals surface area (Å²) in [7, 11) is 0. The average Bonchev–Trinajstić information content (AvgIpc) is 3.18. The number of amides is 1. The van der Waals surface area contributed by atoms with Crippen LogP contribution in [0.4, 0.5) is 0 Å². The molecular weight excluding hydrogens is 292 g/mol. The molecule has 1 N–H and O–H groups in total. The van der Waals surface area contributed by atoms with Gasteiger partial charge in [0.2, 0.25) is 0 Å². The minimum absolute atomic E-state index is 0.124. The normalized spacial score (nSPS) is 19.2. The predicted molar refractivity (Wildman–Crippen MR) is 75.0 cm³/mol. The maximum atomic E-state index is 12.3. The van der Waals surface area contributed by atoms with Gasteiger partial charge in [-0.3, -0.25) is 9.89 Å². The van der Waals surface area contributed by atoms with Crippen molar-refractivity contribution in [1.29, 1.82) is 0 Å². The number of rotatable bonds is 3. The van der Waals surface area contributed by atoms with Gasteiger partial charge in [-0.05, 0) is 11.5 Å². The first-order valence-electron chi connectivity index (χ1n) is 6.75. The van der Waals surface area contributed by atoms with Crippen molar-refractivity contribution in [3.8, 4) is 0 Å². The zero-order valence-corrected chi connectivity index (χ0v) is 12.6. The molecule has 0 aliphatic carbocycles. The lowest BCUT2D eigenvalue weighted by atomic mass is 10.2. The highest BCUT2D eigenvalue weighted by Gasteiger charge is 2.29. The Kier molecular flexibility index (Phi) is 3.93. The van der Waals surface area contributed by atoms with Gasteiger partial charge in [0.25, 0.3) is 5.91 Å². The standard InChI is InChI=1S/C12H16N6O2S/c1-7(2)10-13-11(16-15-10)9-5-18(3-4-20-9)12(19)8-6-21-17-14-8/h6-7,9H,3-5H2,1-2H3,(H,13,15,16)/t9-/m0/s1. The van der Waals surface area contributed by atoms with Crippen LogP contribution in [0.2, 0.25) is 0 Å². The largest absolute Gasteiger partial charge is 0.367 e. The summed E-state index contributed by atoms with van der Waals surface area (Å²) >= 11 is 1.17. The van der Waals surface area contributed by atoms with E-state index >= 15 is 0 Å². The summed E-state index contributed by atoms with van der Waals surface area (Å²) in [5, 5.41) is 12.5. The minimum atomic E-state index is -0.283. The van der Waals surface area contributed by atoms with E-state index in [9.17, 15) is 4.79 Å². The lowest BCUT2D eigenvalue weighted by molar-refractivity contribution is -0.0268.